The lowest BCUT2D eigenvalue weighted by atomic mass is 10.1. The van der Waals surface area contributed by atoms with E-state index in [0.29, 0.717) is 19.0 Å². The Kier molecular flexibility index (Phi) is 5.54. The fourth-order valence-corrected chi connectivity index (χ4v) is 2.85. The molecule has 0 saturated carbocycles. The van der Waals surface area contributed by atoms with Crippen LogP contribution in [0.25, 0.3) is 11.3 Å². The molecule has 0 aliphatic carbocycles. The number of aromatic nitrogens is 3. The number of pyridine rings is 1. The molecule has 2 N–H and O–H groups in total. The van der Waals surface area contributed by atoms with Crippen LogP contribution in [0.1, 0.15) is 11.1 Å². The maximum absolute atomic E-state index is 4.70. The van der Waals surface area contributed by atoms with Crippen LogP contribution in [0.3, 0.4) is 0 Å². The lowest BCUT2D eigenvalue weighted by Crippen LogP contribution is -2.08. The van der Waals surface area contributed by atoms with E-state index in [9.17, 15) is 0 Å². The van der Waals surface area contributed by atoms with Crippen molar-refractivity contribution in [3.8, 4) is 11.3 Å². The summed E-state index contributed by atoms with van der Waals surface area (Å²) in [6.07, 6.45) is 3.62. The largest absolute Gasteiger partial charge is 0.366 e. The quantitative estimate of drug-likeness (QED) is 0.493. The molecule has 0 atom stereocenters. The highest BCUT2D eigenvalue weighted by molar-refractivity contribution is 5.64. The summed E-state index contributed by atoms with van der Waals surface area (Å²) >= 11 is 0. The van der Waals surface area contributed by atoms with Crippen LogP contribution in [0.4, 0.5) is 11.8 Å². The maximum atomic E-state index is 4.70. The van der Waals surface area contributed by atoms with Gasteiger partial charge in [-0.3, -0.25) is 4.98 Å². The van der Waals surface area contributed by atoms with Gasteiger partial charge in [-0.15, -0.1) is 0 Å². The van der Waals surface area contributed by atoms with Crippen molar-refractivity contribution < 1.29 is 0 Å². The van der Waals surface area contributed by atoms with Gasteiger partial charge in [0.15, 0.2) is 0 Å². The molecular weight excluding hydrogens is 346 g/mol. The van der Waals surface area contributed by atoms with Crippen molar-refractivity contribution in [3.63, 3.8) is 0 Å². The Morgan fingerprint density at radius 2 is 1.39 bits per heavy atom. The smallest absolute Gasteiger partial charge is 0.225 e. The predicted octanol–water partition coefficient (Wildman–Crippen LogP) is 4.76. The second kappa shape index (κ2) is 8.77. The van der Waals surface area contributed by atoms with Gasteiger partial charge in [0.05, 0.1) is 5.69 Å². The highest BCUT2D eigenvalue weighted by atomic mass is 15.1. The van der Waals surface area contributed by atoms with Crippen LogP contribution in [0.15, 0.2) is 91.3 Å². The van der Waals surface area contributed by atoms with Crippen molar-refractivity contribution in [1.82, 2.24) is 15.0 Å². The van der Waals surface area contributed by atoms with E-state index >= 15 is 0 Å². The lowest BCUT2D eigenvalue weighted by molar-refractivity contribution is 1.03. The summed E-state index contributed by atoms with van der Waals surface area (Å²) in [7, 11) is 0. The molecule has 2 aromatic carbocycles. The van der Waals surface area contributed by atoms with Crippen molar-refractivity contribution >= 4 is 11.8 Å². The maximum Gasteiger partial charge on any atom is 0.225 e. The fraction of sp³-hybridized carbons (Fsp3) is 0.0870. The van der Waals surface area contributed by atoms with Crippen molar-refractivity contribution in [2.75, 3.05) is 10.6 Å². The molecule has 2 aromatic heterocycles. The van der Waals surface area contributed by atoms with E-state index < -0.39 is 0 Å². The molecule has 0 unspecified atom stereocenters. The summed E-state index contributed by atoms with van der Waals surface area (Å²) in [6.45, 7) is 1.32. The number of anilines is 2. The van der Waals surface area contributed by atoms with Gasteiger partial charge in [-0.1, -0.05) is 66.7 Å². The molecule has 4 rings (SSSR count). The number of rotatable bonds is 7. The third kappa shape index (κ3) is 4.71. The van der Waals surface area contributed by atoms with E-state index in [4.69, 9.17) is 4.98 Å². The minimum Gasteiger partial charge on any atom is -0.366 e. The van der Waals surface area contributed by atoms with Crippen LogP contribution < -0.4 is 10.6 Å². The van der Waals surface area contributed by atoms with Crippen molar-refractivity contribution in [3.05, 3.63) is 102 Å². The molecular formula is C23H21N5. The Balaban J connectivity index is 1.57. The molecule has 0 bridgehead atoms. The van der Waals surface area contributed by atoms with Crippen LogP contribution >= 0.6 is 0 Å². The van der Waals surface area contributed by atoms with Crippen LogP contribution in [0, 0.1) is 0 Å². The Hall–Kier alpha value is -3.73. The molecule has 0 spiro atoms. The third-order valence-corrected chi connectivity index (χ3v) is 4.29. The lowest BCUT2D eigenvalue weighted by Gasteiger charge is -2.12. The first kappa shape index (κ1) is 17.7. The number of nitrogens with one attached hydrogen (secondary N) is 2. The minimum absolute atomic E-state index is 0.596. The summed E-state index contributed by atoms with van der Waals surface area (Å²) in [5.41, 5.74) is 4.21. The zero-order valence-corrected chi connectivity index (χ0v) is 15.4. The molecule has 138 valence electrons. The van der Waals surface area contributed by atoms with Gasteiger partial charge in [0.25, 0.3) is 0 Å². The topological polar surface area (TPSA) is 62.7 Å². The van der Waals surface area contributed by atoms with Crippen molar-refractivity contribution in [2.24, 2.45) is 0 Å². The predicted molar refractivity (Wildman–Crippen MR) is 113 cm³/mol. The minimum atomic E-state index is 0.596. The standard InChI is InChI=1S/C23H21N5/c1-3-8-18(9-4-1)16-26-23-27-21(20-11-5-2-6-12-20)14-22(28-23)25-17-19-10-7-13-24-15-19/h1-15H,16-17H2,(H2,25,26,27,28). The zero-order chi connectivity index (χ0) is 19.0. The van der Waals surface area contributed by atoms with E-state index in [1.165, 1.54) is 5.56 Å². The molecule has 5 heteroatoms. The average molecular weight is 367 g/mol. The molecule has 0 aliphatic rings. The summed E-state index contributed by atoms with van der Waals surface area (Å²) in [6, 6.07) is 26.3. The first-order valence-corrected chi connectivity index (χ1v) is 9.22. The van der Waals surface area contributed by atoms with Crippen LogP contribution in [-0.4, -0.2) is 15.0 Å². The highest BCUT2D eigenvalue weighted by Crippen LogP contribution is 2.22. The van der Waals surface area contributed by atoms with E-state index in [0.717, 1.165) is 22.6 Å². The fourth-order valence-electron chi connectivity index (χ4n) is 2.85. The van der Waals surface area contributed by atoms with Gasteiger partial charge < -0.3 is 10.6 Å². The Morgan fingerprint density at radius 1 is 0.679 bits per heavy atom. The summed E-state index contributed by atoms with van der Waals surface area (Å²) in [5, 5.41) is 6.71. The number of hydrogen-bond acceptors (Lipinski definition) is 5. The SMILES string of the molecule is c1ccc(CNc2nc(NCc3cccnc3)cc(-c3ccccc3)n2)cc1. The normalized spacial score (nSPS) is 10.4. The summed E-state index contributed by atoms with van der Waals surface area (Å²) in [4.78, 5) is 13.5. The van der Waals surface area contributed by atoms with Crippen molar-refractivity contribution in [1.29, 1.82) is 0 Å². The Labute approximate surface area is 164 Å². The highest BCUT2D eigenvalue weighted by Gasteiger charge is 2.07. The molecule has 0 aliphatic heterocycles. The average Bonchev–Trinajstić information content (AvgIpc) is 2.78. The monoisotopic (exact) mass is 367 g/mol. The van der Waals surface area contributed by atoms with Gasteiger partial charge in [0.2, 0.25) is 5.95 Å². The van der Waals surface area contributed by atoms with Gasteiger partial charge in [0.1, 0.15) is 5.82 Å². The second-order valence-electron chi connectivity index (χ2n) is 6.38. The molecule has 4 aromatic rings. The summed E-state index contributed by atoms with van der Waals surface area (Å²) < 4.78 is 0. The molecule has 28 heavy (non-hydrogen) atoms. The molecule has 5 nitrogen and oxygen atoms in total. The van der Waals surface area contributed by atoms with Gasteiger partial charge in [-0.25, -0.2) is 4.98 Å². The zero-order valence-electron chi connectivity index (χ0n) is 15.4. The molecule has 2 heterocycles. The third-order valence-electron chi connectivity index (χ3n) is 4.29. The van der Waals surface area contributed by atoms with Gasteiger partial charge in [-0.05, 0) is 17.2 Å². The van der Waals surface area contributed by atoms with E-state index in [2.05, 4.69) is 32.7 Å². The van der Waals surface area contributed by atoms with Gasteiger partial charge >= 0.3 is 0 Å². The number of nitrogens with zero attached hydrogens (tertiary/aromatic N) is 3. The second-order valence-corrected chi connectivity index (χ2v) is 6.38. The van der Waals surface area contributed by atoms with E-state index in [1.807, 2.05) is 72.9 Å². The first-order valence-electron chi connectivity index (χ1n) is 9.22. The molecule has 0 radical (unpaired) electrons. The Morgan fingerprint density at radius 3 is 2.14 bits per heavy atom. The first-order chi connectivity index (χ1) is 13.9. The number of benzene rings is 2. The number of hydrogen-bond donors (Lipinski definition) is 2. The van der Waals surface area contributed by atoms with E-state index in [-0.39, 0.29) is 0 Å². The van der Waals surface area contributed by atoms with Crippen molar-refractivity contribution in [2.45, 2.75) is 13.1 Å². The summed E-state index contributed by atoms with van der Waals surface area (Å²) in [5.74, 6) is 1.37. The van der Waals surface area contributed by atoms with Gasteiger partial charge in [-0.2, -0.15) is 4.98 Å². The van der Waals surface area contributed by atoms with Gasteiger partial charge in [0, 0.05) is 37.1 Å². The molecule has 0 fully saturated rings. The molecule has 0 amide bonds. The molecule has 0 saturated heterocycles. The Bertz CT molecular complexity index is 943. The van der Waals surface area contributed by atoms with Crippen LogP contribution in [0.5, 0.6) is 0 Å². The van der Waals surface area contributed by atoms with E-state index in [1.54, 1.807) is 6.20 Å². The van der Waals surface area contributed by atoms with Crippen LogP contribution in [-0.2, 0) is 13.1 Å². The van der Waals surface area contributed by atoms with Crippen LogP contribution in [0.2, 0.25) is 0 Å².